The zero-order valence-corrected chi connectivity index (χ0v) is 8.79. The van der Waals surface area contributed by atoms with Gasteiger partial charge >= 0.3 is 0 Å². The highest BCUT2D eigenvalue weighted by Crippen LogP contribution is 1.98. The second-order valence-corrected chi connectivity index (χ2v) is 2.87. The number of likely N-dealkylation sites (N-methyl/N-ethyl adjacent to an activating group) is 1. The summed E-state index contributed by atoms with van der Waals surface area (Å²) in [5.41, 5.74) is 4.85. The number of rotatable bonds is 3. The van der Waals surface area contributed by atoms with Crippen molar-refractivity contribution < 1.29 is 22.9 Å². The second-order valence-electron chi connectivity index (χ2n) is 2.87. The molecule has 0 bridgehead atoms. The third-order valence-corrected chi connectivity index (χ3v) is 1.85. The van der Waals surface area contributed by atoms with E-state index < -0.39 is 0 Å². The minimum absolute atomic E-state index is 0. The Hall–Kier alpha value is -1.13. The van der Waals surface area contributed by atoms with E-state index in [0.29, 0.717) is 6.42 Å². The highest BCUT2D eigenvalue weighted by Gasteiger charge is 2.15. The van der Waals surface area contributed by atoms with Gasteiger partial charge in [-0.15, -0.1) is 0 Å². The topological polar surface area (TPSA) is 69.6 Å². The second kappa shape index (κ2) is 6.34. The zero-order valence-electron chi connectivity index (χ0n) is 8.03. The minimum atomic E-state index is -0.229. The van der Waals surface area contributed by atoms with E-state index in [2.05, 4.69) is 16.0 Å². The van der Waals surface area contributed by atoms with Crippen LogP contribution in [0.4, 0.5) is 0 Å². The van der Waals surface area contributed by atoms with Crippen LogP contribution in [-0.4, -0.2) is 24.0 Å². The summed E-state index contributed by atoms with van der Waals surface area (Å²) in [6, 6.07) is 3.55. The molecule has 0 aromatic carbocycles. The van der Waals surface area contributed by atoms with Gasteiger partial charge in [0.1, 0.15) is 0 Å². The summed E-state index contributed by atoms with van der Waals surface area (Å²) in [6.45, 7) is 0. The number of hydrogen-bond acceptors (Lipinski definition) is 2. The van der Waals surface area contributed by atoms with Gasteiger partial charge in [-0.1, -0.05) is 0 Å². The van der Waals surface area contributed by atoms with E-state index in [-0.39, 0.29) is 24.4 Å². The lowest BCUT2D eigenvalue weighted by molar-refractivity contribution is -0.403. The fourth-order valence-corrected chi connectivity index (χ4v) is 1.10. The predicted molar refractivity (Wildman–Crippen MR) is 48.7 cm³/mol. The van der Waals surface area contributed by atoms with Crippen molar-refractivity contribution in [2.45, 2.75) is 12.5 Å². The van der Waals surface area contributed by atoms with Gasteiger partial charge in [-0.3, -0.25) is 9.78 Å². The first-order valence-electron chi connectivity index (χ1n) is 4.17. The first-order chi connectivity index (χ1) is 6.24. The number of pyridine rings is 1. The Morgan fingerprint density at radius 1 is 1.57 bits per heavy atom. The smallest absolute Gasteiger partial charge is 0.278 e. The Labute approximate surface area is 89.3 Å². The van der Waals surface area contributed by atoms with Crippen LogP contribution in [-0.2, 0) is 11.2 Å². The number of halogens is 1. The first-order valence-corrected chi connectivity index (χ1v) is 4.17. The van der Waals surface area contributed by atoms with Gasteiger partial charge in [0.05, 0.1) is 0 Å². The first kappa shape index (κ1) is 12.9. The van der Waals surface area contributed by atoms with Crippen molar-refractivity contribution in [1.82, 2.24) is 10.3 Å². The molecule has 1 aromatic rings. The van der Waals surface area contributed by atoms with Gasteiger partial charge in [-0.05, 0) is 17.7 Å². The van der Waals surface area contributed by atoms with Crippen LogP contribution in [0.5, 0.6) is 0 Å². The molecule has 1 aromatic heterocycles. The molecule has 0 aliphatic heterocycles. The van der Waals surface area contributed by atoms with E-state index in [1.54, 1.807) is 19.4 Å². The molecule has 0 fully saturated rings. The molecule has 4 N–H and O–H groups in total. The van der Waals surface area contributed by atoms with Crippen molar-refractivity contribution >= 4 is 5.91 Å². The SMILES string of the molecule is CNC(=O)[C@@H]([NH3+])Cc1ccncc1.[Cl-]. The molecule has 0 saturated heterocycles. The van der Waals surface area contributed by atoms with Crippen LogP contribution in [0.1, 0.15) is 5.56 Å². The van der Waals surface area contributed by atoms with E-state index in [9.17, 15) is 4.79 Å². The fourth-order valence-electron chi connectivity index (χ4n) is 1.10. The van der Waals surface area contributed by atoms with Crippen LogP contribution in [0.15, 0.2) is 24.5 Å². The van der Waals surface area contributed by atoms with Gasteiger partial charge in [0.25, 0.3) is 5.91 Å². The summed E-state index contributed by atoms with van der Waals surface area (Å²) in [5.74, 6) is -0.0307. The summed E-state index contributed by atoms with van der Waals surface area (Å²) in [7, 11) is 1.62. The van der Waals surface area contributed by atoms with Crippen LogP contribution in [0.3, 0.4) is 0 Å². The lowest BCUT2D eigenvalue weighted by Crippen LogP contribution is -3.00. The summed E-state index contributed by atoms with van der Waals surface area (Å²) in [4.78, 5) is 15.0. The standard InChI is InChI=1S/C9H13N3O.ClH/c1-11-9(13)8(10)6-7-2-4-12-5-3-7;/h2-5,8H,6,10H2,1H3,(H,11,13);1H/t8-;/m0./s1. The highest BCUT2D eigenvalue weighted by molar-refractivity contribution is 5.80. The number of aromatic nitrogens is 1. The van der Waals surface area contributed by atoms with Crippen molar-refractivity contribution in [3.63, 3.8) is 0 Å². The van der Waals surface area contributed by atoms with Gasteiger partial charge in [0.2, 0.25) is 0 Å². The van der Waals surface area contributed by atoms with Gasteiger partial charge in [-0.2, -0.15) is 0 Å². The van der Waals surface area contributed by atoms with Crippen LogP contribution in [0, 0.1) is 0 Å². The molecule has 4 nitrogen and oxygen atoms in total. The predicted octanol–water partition coefficient (Wildman–Crippen LogP) is -4.02. The van der Waals surface area contributed by atoms with Crippen molar-refractivity contribution in [3.05, 3.63) is 30.1 Å². The summed E-state index contributed by atoms with van der Waals surface area (Å²) >= 11 is 0. The maximum absolute atomic E-state index is 11.1. The van der Waals surface area contributed by atoms with E-state index in [4.69, 9.17) is 0 Å². The largest absolute Gasteiger partial charge is 1.00 e. The average molecular weight is 216 g/mol. The van der Waals surface area contributed by atoms with Crippen molar-refractivity contribution in [2.24, 2.45) is 0 Å². The Balaban J connectivity index is 0.00000169. The van der Waals surface area contributed by atoms with Crippen LogP contribution in [0.2, 0.25) is 0 Å². The molecule has 1 amide bonds. The molecule has 5 heteroatoms. The van der Waals surface area contributed by atoms with Gasteiger partial charge < -0.3 is 23.5 Å². The number of nitrogens with zero attached hydrogens (tertiary/aromatic N) is 1. The van der Waals surface area contributed by atoms with E-state index in [1.165, 1.54) is 0 Å². The van der Waals surface area contributed by atoms with Gasteiger partial charge in [0.15, 0.2) is 6.04 Å². The fraction of sp³-hybridized carbons (Fsp3) is 0.333. The maximum atomic E-state index is 11.1. The average Bonchev–Trinajstić information content (AvgIpc) is 2.18. The normalized spacial score (nSPS) is 11.3. The maximum Gasteiger partial charge on any atom is 0.278 e. The Morgan fingerprint density at radius 2 is 2.14 bits per heavy atom. The monoisotopic (exact) mass is 215 g/mol. The molecule has 0 radical (unpaired) electrons. The van der Waals surface area contributed by atoms with Crippen molar-refractivity contribution in [3.8, 4) is 0 Å². The molecule has 0 aliphatic carbocycles. The summed E-state index contributed by atoms with van der Waals surface area (Å²) < 4.78 is 0. The van der Waals surface area contributed by atoms with Gasteiger partial charge in [-0.25, -0.2) is 0 Å². The molecule has 0 spiro atoms. The molecule has 0 saturated carbocycles. The number of nitrogens with one attached hydrogen (secondary N) is 1. The number of quaternary nitrogens is 1. The van der Waals surface area contributed by atoms with E-state index in [0.717, 1.165) is 5.56 Å². The quantitative estimate of drug-likeness (QED) is 0.540. The Bertz CT molecular complexity index is 279. The number of hydrogen-bond donors (Lipinski definition) is 2. The molecule has 78 valence electrons. The minimum Gasteiger partial charge on any atom is -1.00 e. The third kappa shape index (κ3) is 3.72. The number of carbonyl (C=O) groups excluding carboxylic acids is 1. The summed E-state index contributed by atoms with van der Waals surface area (Å²) in [5, 5.41) is 2.57. The van der Waals surface area contributed by atoms with Crippen LogP contribution >= 0.6 is 0 Å². The summed E-state index contributed by atoms with van der Waals surface area (Å²) in [6.07, 6.45) is 4.08. The molecular weight excluding hydrogens is 202 g/mol. The van der Waals surface area contributed by atoms with E-state index >= 15 is 0 Å². The van der Waals surface area contributed by atoms with Crippen LogP contribution in [0.25, 0.3) is 0 Å². The van der Waals surface area contributed by atoms with Crippen molar-refractivity contribution in [2.75, 3.05) is 7.05 Å². The molecule has 1 atom stereocenters. The van der Waals surface area contributed by atoms with Crippen molar-refractivity contribution in [1.29, 1.82) is 0 Å². The number of carbonyl (C=O) groups is 1. The third-order valence-electron chi connectivity index (χ3n) is 1.85. The lowest BCUT2D eigenvalue weighted by atomic mass is 10.1. The molecule has 14 heavy (non-hydrogen) atoms. The van der Waals surface area contributed by atoms with Gasteiger partial charge in [0, 0.05) is 25.9 Å². The molecule has 0 unspecified atom stereocenters. The zero-order chi connectivity index (χ0) is 9.68. The molecule has 1 rings (SSSR count). The molecule has 1 heterocycles. The molecular formula is C9H14ClN3O. The highest BCUT2D eigenvalue weighted by atomic mass is 35.5. The van der Waals surface area contributed by atoms with Crippen LogP contribution < -0.4 is 23.5 Å². The Morgan fingerprint density at radius 3 is 2.64 bits per heavy atom. The molecule has 0 aliphatic rings. The lowest BCUT2D eigenvalue weighted by Gasteiger charge is -2.05. The number of amides is 1. The Kier molecular flexibility index (Phi) is 5.83. The van der Waals surface area contributed by atoms with E-state index in [1.807, 2.05) is 12.1 Å².